The van der Waals surface area contributed by atoms with E-state index in [0.717, 1.165) is 21.9 Å². The van der Waals surface area contributed by atoms with Gasteiger partial charge in [-0.05, 0) is 18.4 Å². The van der Waals surface area contributed by atoms with Gasteiger partial charge in [0.25, 0.3) is 5.91 Å². The monoisotopic (exact) mass is 306 g/mol. The lowest BCUT2D eigenvalue weighted by atomic mass is 10.2. The first-order chi connectivity index (χ1) is 9.78. The number of nitrogens with zero attached hydrogens (tertiary/aromatic N) is 1. The predicted octanol–water partition coefficient (Wildman–Crippen LogP) is 3.19. The second-order valence-electron chi connectivity index (χ2n) is 4.35. The van der Waals surface area contributed by atoms with Gasteiger partial charge in [-0.2, -0.15) is 0 Å². The van der Waals surface area contributed by atoms with Crippen molar-refractivity contribution >= 4 is 34.1 Å². The molecule has 2 heterocycles. The molecule has 0 unspecified atom stereocenters. The van der Waals surface area contributed by atoms with Gasteiger partial charge in [0.2, 0.25) is 0 Å². The maximum atomic E-state index is 12.3. The van der Waals surface area contributed by atoms with Crippen molar-refractivity contribution in [1.82, 2.24) is 4.98 Å². The predicted molar refractivity (Wildman–Crippen MR) is 81.7 cm³/mol. The molecule has 0 fully saturated rings. The smallest absolute Gasteiger partial charge is 0.258 e. The molecule has 3 rings (SSSR count). The largest absolute Gasteiger partial charge is 0.375 e. The maximum Gasteiger partial charge on any atom is 0.258 e. The Bertz CT molecular complexity index is 616. The number of carbonyl (C=O) groups excluding carboxylic acids is 1. The van der Waals surface area contributed by atoms with Crippen molar-refractivity contribution in [3.63, 3.8) is 0 Å². The van der Waals surface area contributed by atoms with E-state index in [1.165, 1.54) is 11.3 Å². The average molecular weight is 306 g/mol. The molecule has 1 aliphatic rings. The standard InChI is InChI=1S/C14H14N2O2S2/c1-19-11-5-3-2-4-9(11)13(17)16-14-15-10-6-7-18-8-12(10)20-14/h2-5H,6-8H2,1H3,(H,15,16,17). The van der Waals surface area contributed by atoms with Crippen LogP contribution in [0.2, 0.25) is 0 Å². The zero-order valence-electron chi connectivity index (χ0n) is 11.0. The Hall–Kier alpha value is -1.37. The van der Waals surface area contributed by atoms with Crippen LogP contribution < -0.4 is 5.32 Å². The molecule has 20 heavy (non-hydrogen) atoms. The first kappa shape index (κ1) is 13.6. The number of nitrogens with one attached hydrogen (secondary N) is 1. The number of fused-ring (bicyclic) bond motifs is 1. The van der Waals surface area contributed by atoms with Crippen molar-refractivity contribution in [1.29, 1.82) is 0 Å². The van der Waals surface area contributed by atoms with Gasteiger partial charge in [-0.1, -0.05) is 23.5 Å². The molecule has 1 amide bonds. The number of hydrogen-bond donors (Lipinski definition) is 1. The Balaban J connectivity index is 1.80. The van der Waals surface area contributed by atoms with Gasteiger partial charge < -0.3 is 4.74 Å². The molecule has 4 nitrogen and oxygen atoms in total. The van der Waals surface area contributed by atoms with Crippen molar-refractivity contribution in [2.45, 2.75) is 17.9 Å². The highest BCUT2D eigenvalue weighted by atomic mass is 32.2. The molecule has 0 aliphatic carbocycles. The number of amides is 1. The molecule has 0 radical (unpaired) electrons. The van der Waals surface area contributed by atoms with E-state index >= 15 is 0 Å². The number of carbonyl (C=O) groups is 1. The van der Waals surface area contributed by atoms with Crippen molar-refractivity contribution < 1.29 is 9.53 Å². The highest BCUT2D eigenvalue weighted by molar-refractivity contribution is 7.98. The number of anilines is 1. The third-order valence-electron chi connectivity index (χ3n) is 3.07. The molecule has 1 aliphatic heterocycles. The van der Waals surface area contributed by atoms with Gasteiger partial charge in [0.15, 0.2) is 5.13 Å². The van der Waals surface area contributed by atoms with E-state index in [9.17, 15) is 4.79 Å². The van der Waals surface area contributed by atoms with Crippen LogP contribution in [-0.4, -0.2) is 23.8 Å². The fraction of sp³-hybridized carbons (Fsp3) is 0.286. The number of hydrogen-bond acceptors (Lipinski definition) is 5. The van der Waals surface area contributed by atoms with E-state index in [1.54, 1.807) is 11.8 Å². The van der Waals surface area contributed by atoms with E-state index in [1.807, 2.05) is 30.5 Å². The number of rotatable bonds is 3. The minimum Gasteiger partial charge on any atom is -0.375 e. The summed E-state index contributed by atoms with van der Waals surface area (Å²) in [5, 5.41) is 3.54. The maximum absolute atomic E-state index is 12.3. The van der Waals surface area contributed by atoms with E-state index in [-0.39, 0.29) is 5.91 Å². The summed E-state index contributed by atoms with van der Waals surface area (Å²) in [6.45, 7) is 1.31. The van der Waals surface area contributed by atoms with Crippen molar-refractivity contribution in [3.05, 3.63) is 40.4 Å². The van der Waals surface area contributed by atoms with E-state index in [0.29, 0.717) is 23.9 Å². The third-order valence-corrected chi connectivity index (χ3v) is 4.85. The van der Waals surface area contributed by atoms with Crippen LogP contribution in [-0.2, 0) is 17.8 Å². The summed E-state index contributed by atoms with van der Waals surface area (Å²) in [5.74, 6) is -0.109. The first-order valence-electron chi connectivity index (χ1n) is 6.28. The third kappa shape index (κ3) is 2.72. The van der Waals surface area contributed by atoms with Crippen molar-refractivity contribution in [2.24, 2.45) is 0 Å². The molecular formula is C14H14N2O2S2. The molecular weight excluding hydrogens is 292 g/mol. The van der Waals surface area contributed by atoms with Gasteiger partial charge in [-0.3, -0.25) is 10.1 Å². The number of thioether (sulfide) groups is 1. The Morgan fingerprint density at radius 3 is 3.10 bits per heavy atom. The molecule has 0 atom stereocenters. The summed E-state index contributed by atoms with van der Waals surface area (Å²) in [4.78, 5) is 18.9. The molecule has 6 heteroatoms. The lowest BCUT2D eigenvalue weighted by molar-refractivity contribution is 0.102. The van der Waals surface area contributed by atoms with Crippen LogP contribution in [0.4, 0.5) is 5.13 Å². The van der Waals surface area contributed by atoms with Crippen molar-refractivity contribution in [3.8, 4) is 0 Å². The summed E-state index contributed by atoms with van der Waals surface area (Å²) in [5.41, 5.74) is 1.74. The van der Waals surface area contributed by atoms with Gasteiger partial charge in [0.05, 0.1) is 29.3 Å². The fourth-order valence-corrected chi connectivity index (χ4v) is 3.61. The number of ether oxygens (including phenoxy) is 1. The minimum absolute atomic E-state index is 0.109. The molecule has 0 saturated heterocycles. The van der Waals surface area contributed by atoms with Crippen LogP contribution in [0, 0.1) is 0 Å². The summed E-state index contributed by atoms with van der Waals surface area (Å²) in [7, 11) is 0. The molecule has 2 aromatic rings. The molecule has 0 saturated carbocycles. The number of benzene rings is 1. The number of aromatic nitrogens is 1. The van der Waals surface area contributed by atoms with Crippen LogP contribution >= 0.6 is 23.1 Å². The normalized spacial score (nSPS) is 13.8. The Kier molecular flexibility index (Phi) is 4.05. The van der Waals surface area contributed by atoms with Crippen LogP contribution in [0.15, 0.2) is 29.2 Å². The van der Waals surface area contributed by atoms with E-state index < -0.39 is 0 Å². The summed E-state index contributed by atoms with van der Waals surface area (Å²) in [6, 6.07) is 7.58. The van der Waals surface area contributed by atoms with Crippen LogP contribution in [0.25, 0.3) is 0 Å². The Labute approximate surface area is 125 Å². The summed E-state index contributed by atoms with van der Waals surface area (Å²) < 4.78 is 5.39. The van der Waals surface area contributed by atoms with E-state index in [2.05, 4.69) is 10.3 Å². The minimum atomic E-state index is -0.109. The second kappa shape index (κ2) is 5.95. The second-order valence-corrected chi connectivity index (χ2v) is 6.28. The molecule has 1 N–H and O–H groups in total. The van der Waals surface area contributed by atoms with Crippen molar-refractivity contribution in [2.75, 3.05) is 18.2 Å². The summed E-state index contributed by atoms with van der Waals surface area (Å²) in [6.07, 6.45) is 2.79. The van der Waals surface area contributed by atoms with Crippen LogP contribution in [0.1, 0.15) is 20.9 Å². The molecule has 0 bridgehead atoms. The van der Waals surface area contributed by atoms with Gasteiger partial charge in [-0.15, -0.1) is 11.8 Å². The Morgan fingerprint density at radius 1 is 1.45 bits per heavy atom. The molecule has 104 valence electrons. The zero-order valence-corrected chi connectivity index (χ0v) is 12.6. The Morgan fingerprint density at radius 2 is 2.30 bits per heavy atom. The average Bonchev–Trinajstić information content (AvgIpc) is 2.89. The first-order valence-corrected chi connectivity index (χ1v) is 8.33. The van der Waals surface area contributed by atoms with E-state index in [4.69, 9.17) is 4.74 Å². The lowest BCUT2D eigenvalue weighted by Crippen LogP contribution is -2.13. The fourth-order valence-electron chi connectivity index (χ4n) is 2.08. The van der Waals surface area contributed by atoms with Gasteiger partial charge >= 0.3 is 0 Å². The molecule has 1 aromatic heterocycles. The zero-order chi connectivity index (χ0) is 13.9. The van der Waals surface area contributed by atoms with Crippen LogP contribution in [0.5, 0.6) is 0 Å². The number of thiazole rings is 1. The van der Waals surface area contributed by atoms with Crippen LogP contribution in [0.3, 0.4) is 0 Å². The van der Waals surface area contributed by atoms with Gasteiger partial charge in [-0.25, -0.2) is 4.98 Å². The molecule has 0 spiro atoms. The lowest BCUT2D eigenvalue weighted by Gasteiger charge is -2.08. The highest BCUT2D eigenvalue weighted by Crippen LogP contribution is 2.28. The summed E-state index contributed by atoms with van der Waals surface area (Å²) >= 11 is 3.06. The topological polar surface area (TPSA) is 51.2 Å². The SMILES string of the molecule is CSc1ccccc1C(=O)Nc1nc2c(s1)COCC2. The van der Waals surface area contributed by atoms with Gasteiger partial charge in [0, 0.05) is 11.3 Å². The highest BCUT2D eigenvalue weighted by Gasteiger charge is 2.18. The molecule has 1 aromatic carbocycles. The quantitative estimate of drug-likeness (QED) is 0.885. The van der Waals surface area contributed by atoms with Gasteiger partial charge in [0.1, 0.15) is 0 Å².